The third-order valence-electron chi connectivity index (χ3n) is 3.97. The van der Waals surface area contributed by atoms with E-state index in [1.54, 1.807) is 48.6 Å². The summed E-state index contributed by atoms with van der Waals surface area (Å²) in [4.78, 5) is 17.9. The average molecular weight is 331 g/mol. The number of rotatable bonds is 4. The SMILES string of the molecule is CN1C(=O)C[C@@H](NS(=O)(=O)c2ccccc2)[C@@H]1c1cccnc1. The molecule has 0 spiro atoms. The Labute approximate surface area is 135 Å². The second kappa shape index (κ2) is 6.10. The van der Waals surface area contributed by atoms with Crippen LogP contribution in [0.15, 0.2) is 59.8 Å². The molecule has 0 bridgehead atoms. The first-order valence-corrected chi connectivity index (χ1v) is 8.70. The highest BCUT2D eigenvalue weighted by Crippen LogP contribution is 2.32. The molecule has 7 heteroatoms. The minimum atomic E-state index is -3.68. The largest absolute Gasteiger partial charge is 0.337 e. The standard InChI is InChI=1S/C16H17N3O3S/c1-19-15(20)10-14(16(19)12-6-5-9-17-11-12)18-23(21,22)13-7-3-2-4-8-13/h2-9,11,14,16,18H,10H2,1H3/t14-,16+/m1/s1. The summed E-state index contributed by atoms with van der Waals surface area (Å²) < 4.78 is 27.7. The van der Waals surface area contributed by atoms with Gasteiger partial charge >= 0.3 is 0 Å². The van der Waals surface area contributed by atoms with Crippen LogP contribution in [0.4, 0.5) is 0 Å². The number of sulfonamides is 1. The summed E-state index contributed by atoms with van der Waals surface area (Å²) in [5.41, 5.74) is 0.807. The van der Waals surface area contributed by atoms with Gasteiger partial charge in [-0.1, -0.05) is 24.3 Å². The summed E-state index contributed by atoms with van der Waals surface area (Å²) in [5.74, 6) is -0.0976. The first-order chi connectivity index (χ1) is 11.0. The maximum atomic E-state index is 12.5. The van der Waals surface area contributed by atoms with Crippen molar-refractivity contribution in [3.8, 4) is 0 Å². The molecule has 0 unspecified atom stereocenters. The first kappa shape index (κ1) is 15.6. The monoisotopic (exact) mass is 331 g/mol. The van der Waals surface area contributed by atoms with Crippen LogP contribution in [0.25, 0.3) is 0 Å². The van der Waals surface area contributed by atoms with E-state index in [0.29, 0.717) is 0 Å². The van der Waals surface area contributed by atoms with E-state index in [9.17, 15) is 13.2 Å². The molecule has 0 radical (unpaired) electrons. The van der Waals surface area contributed by atoms with Crippen molar-refractivity contribution in [2.45, 2.75) is 23.4 Å². The molecular weight excluding hydrogens is 314 g/mol. The highest BCUT2D eigenvalue weighted by molar-refractivity contribution is 7.89. The van der Waals surface area contributed by atoms with Crippen molar-refractivity contribution in [2.24, 2.45) is 0 Å². The Morgan fingerprint density at radius 3 is 2.57 bits per heavy atom. The average Bonchev–Trinajstić information content (AvgIpc) is 2.82. The lowest BCUT2D eigenvalue weighted by Crippen LogP contribution is -2.39. The van der Waals surface area contributed by atoms with Crippen LogP contribution < -0.4 is 4.72 Å². The fraction of sp³-hybridized carbons (Fsp3) is 0.250. The number of aromatic nitrogens is 1. The number of benzene rings is 1. The summed E-state index contributed by atoms with van der Waals surface area (Å²) in [6.45, 7) is 0. The Bertz CT molecular complexity index is 794. The maximum absolute atomic E-state index is 12.5. The fourth-order valence-corrected chi connectivity index (χ4v) is 4.11. The number of likely N-dealkylation sites (tertiary alicyclic amines) is 1. The van der Waals surface area contributed by atoms with Gasteiger partial charge in [-0.3, -0.25) is 9.78 Å². The van der Waals surface area contributed by atoms with E-state index in [4.69, 9.17) is 0 Å². The Morgan fingerprint density at radius 2 is 1.91 bits per heavy atom. The van der Waals surface area contributed by atoms with Crippen molar-refractivity contribution in [1.82, 2.24) is 14.6 Å². The summed E-state index contributed by atoms with van der Waals surface area (Å²) >= 11 is 0. The number of hydrogen-bond acceptors (Lipinski definition) is 4. The minimum Gasteiger partial charge on any atom is -0.337 e. The molecular formula is C16H17N3O3S. The lowest BCUT2D eigenvalue weighted by Gasteiger charge is -2.25. The maximum Gasteiger partial charge on any atom is 0.240 e. The van der Waals surface area contributed by atoms with Crippen molar-refractivity contribution < 1.29 is 13.2 Å². The van der Waals surface area contributed by atoms with Crippen molar-refractivity contribution in [3.05, 3.63) is 60.4 Å². The predicted octanol–water partition coefficient (Wildman–Crippen LogP) is 1.33. The molecule has 2 aromatic rings. The van der Waals surface area contributed by atoms with Crippen molar-refractivity contribution >= 4 is 15.9 Å². The van der Waals surface area contributed by atoms with Gasteiger partial charge in [0.25, 0.3) is 0 Å². The van der Waals surface area contributed by atoms with Gasteiger partial charge in [-0.25, -0.2) is 13.1 Å². The van der Waals surface area contributed by atoms with E-state index < -0.39 is 16.1 Å². The van der Waals surface area contributed by atoms with Gasteiger partial charge in [-0.15, -0.1) is 0 Å². The first-order valence-electron chi connectivity index (χ1n) is 7.22. The van der Waals surface area contributed by atoms with Crippen molar-refractivity contribution in [1.29, 1.82) is 0 Å². The zero-order chi connectivity index (χ0) is 16.4. The number of hydrogen-bond donors (Lipinski definition) is 1. The van der Waals surface area contributed by atoms with Gasteiger partial charge in [-0.05, 0) is 23.8 Å². The molecule has 23 heavy (non-hydrogen) atoms. The van der Waals surface area contributed by atoms with Crippen LogP contribution in [-0.2, 0) is 14.8 Å². The number of nitrogens with zero attached hydrogens (tertiary/aromatic N) is 2. The molecule has 120 valence electrons. The van der Waals surface area contributed by atoms with Crippen LogP contribution in [0.5, 0.6) is 0 Å². The van der Waals surface area contributed by atoms with E-state index >= 15 is 0 Å². The third kappa shape index (κ3) is 3.11. The van der Waals surface area contributed by atoms with Gasteiger partial charge in [0.1, 0.15) is 0 Å². The molecule has 1 N–H and O–H groups in total. The van der Waals surface area contributed by atoms with Crippen LogP contribution in [0, 0.1) is 0 Å². The van der Waals surface area contributed by atoms with Gasteiger partial charge in [0.05, 0.1) is 17.0 Å². The molecule has 0 saturated carbocycles. The molecule has 1 saturated heterocycles. The van der Waals surface area contributed by atoms with Crippen molar-refractivity contribution in [2.75, 3.05) is 7.05 Å². The van der Waals surface area contributed by atoms with Gasteiger partial charge in [0, 0.05) is 25.9 Å². The molecule has 1 aliphatic heterocycles. The molecule has 1 amide bonds. The third-order valence-corrected chi connectivity index (χ3v) is 5.48. The lowest BCUT2D eigenvalue weighted by molar-refractivity contribution is -0.127. The summed E-state index contributed by atoms with van der Waals surface area (Å²) in [6.07, 6.45) is 3.43. The molecule has 1 fully saturated rings. The van der Waals surface area contributed by atoms with Crippen LogP contribution >= 0.6 is 0 Å². The van der Waals surface area contributed by atoms with E-state index in [0.717, 1.165) is 5.56 Å². The molecule has 6 nitrogen and oxygen atoms in total. The zero-order valence-corrected chi connectivity index (χ0v) is 13.4. The molecule has 1 aromatic carbocycles. The van der Waals surface area contributed by atoms with Crippen LogP contribution in [0.3, 0.4) is 0 Å². The normalized spacial score (nSPS) is 21.6. The van der Waals surface area contributed by atoms with E-state index in [1.165, 1.54) is 12.1 Å². The highest BCUT2D eigenvalue weighted by Gasteiger charge is 2.40. The smallest absolute Gasteiger partial charge is 0.240 e. The summed E-state index contributed by atoms with van der Waals surface area (Å²) in [5, 5.41) is 0. The fourth-order valence-electron chi connectivity index (χ4n) is 2.85. The second-order valence-electron chi connectivity index (χ2n) is 5.48. The van der Waals surface area contributed by atoms with Crippen LogP contribution in [0.2, 0.25) is 0 Å². The predicted molar refractivity (Wildman–Crippen MR) is 84.9 cm³/mol. The number of nitrogens with one attached hydrogen (secondary N) is 1. The van der Waals surface area contributed by atoms with E-state index in [-0.39, 0.29) is 23.3 Å². The number of carbonyl (C=O) groups is 1. The quantitative estimate of drug-likeness (QED) is 0.917. The van der Waals surface area contributed by atoms with Gasteiger partial charge < -0.3 is 4.90 Å². The van der Waals surface area contributed by atoms with Crippen LogP contribution in [0.1, 0.15) is 18.0 Å². The lowest BCUT2D eigenvalue weighted by atomic mass is 10.0. The number of likely N-dealkylation sites (N-methyl/N-ethyl adjacent to an activating group) is 1. The molecule has 1 aliphatic rings. The number of amides is 1. The van der Waals surface area contributed by atoms with E-state index in [2.05, 4.69) is 9.71 Å². The Morgan fingerprint density at radius 1 is 1.17 bits per heavy atom. The topological polar surface area (TPSA) is 79.4 Å². The number of pyridine rings is 1. The zero-order valence-electron chi connectivity index (χ0n) is 12.6. The van der Waals surface area contributed by atoms with Gasteiger partial charge in [0.2, 0.25) is 15.9 Å². The molecule has 2 atom stereocenters. The van der Waals surface area contributed by atoms with Crippen molar-refractivity contribution in [3.63, 3.8) is 0 Å². The summed E-state index contributed by atoms with van der Waals surface area (Å²) in [7, 11) is -2.00. The Hall–Kier alpha value is -2.25. The highest BCUT2D eigenvalue weighted by atomic mass is 32.2. The molecule has 0 aliphatic carbocycles. The Kier molecular flexibility index (Phi) is 4.14. The number of carbonyl (C=O) groups excluding carboxylic acids is 1. The van der Waals surface area contributed by atoms with Gasteiger partial charge in [0.15, 0.2) is 0 Å². The van der Waals surface area contributed by atoms with E-state index in [1.807, 2.05) is 6.07 Å². The molecule has 1 aromatic heterocycles. The Balaban J connectivity index is 1.91. The molecule has 2 heterocycles. The van der Waals surface area contributed by atoms with Crippen LogP contribution in [-0.4, -0.2) is 37.3 Å². The minimum absolute atomic E-state index is 0.0976. The summed E-state index contributed by atoms with van der Waals surface area (Å²) in [6, 6.07) is 10.9. The molecule has 3 rings (SSSR count). The second-order valence-corrected chi connectivity index (χ2v) is 7.19. The van der Waals surface area contributed by atoms with Gasteiger partial charge in [-0.2, -0.15) is 0 Å².